The van der Waals surface area contributed by atoms with Crippen LogP contribution in [0, 0.1) is 0 Å². The Balaban J connectivity index is 1.30. The molecule has 1 aromatic heterocycles. The molecule has 36 heavy (non-hydrogen) atoms. The lowest BCUT2D eigenvalue weighted by Gasteiger charge is -2.40. The average Bonchev–Trinajstić information content (AvgIpc) is 2.93. The Morgan fingerprint density at radius 3 is 2.03 bits per heavy atom. The molecule has 7 heteroatoms. The van der Waals surface area contributed by atoms with E-state index < -0.39 is 0 Å². The largest absolute Gasteiger partial charge is 0.494 e. The molecule has 0 radical (unpaired) electrons. The van der Waals surface area contributed by atoms with Crippen LogP contribution in [-0.2, 0) is 0 Å². The summed E-state index contributed by atoms with van der Waals surface area (Å²) in [5.74, 6) is 2.22. The highest BCUT2D eigenvalue weighted by atomic mass is 16.5. The van der Waals surface area contributed by atoms with Crippen molar-refractivity contribution in [3.8, 4) is 5.75 Å². The molecular formula is C29H32N6O. The Kier molecular flexibility index (Phi) is 7.28. The quantitative estimate of drug-likeness (QED) is 0.363. The molecule has 5 rings (SSSR count). The van der Waals surface area contributed by atoms with Gasteiger partial charge in [-0.25, -0.2) is 9.97 Å². The summed E-state index contributed by atoms with van der Waals surface area (Å²) >= 11 is 0. The number of nitrogens with zero attached hydrogens (tertiary/aromatic N) is 4. The lowest BCUT2D eigenvalue weighted by molar-refractivity contribution is 0.212. The van der Waals surface area contributed by atoms with Gasteiger partial charge in [0.2, 0.25) is 0 Å². The van der Waals surface area contributed by atoms with E-state index in [9.17, 15) is 0 Å². The minimum Gasteiger partial charge on any atom is -0.494 e. The first-order valence-corrected chi connectivity index (χ1v) is 12.4. The van der Waals surface area contributed by atoms with E-state index in [1.54, 1.807) is 6.33 Å². The van der Waals surface area contributed by atoms with E-state index in [1.807, 2.05) is 31.2 Å². The van der Waals surface area contributed by atoms with Gasteiger partial charge in [-0.2, -0.15) is 0 Å². The number of ether oxygens (including phenoxy) is 1. The molecule has 3 aromatic carbocycles. The lowest BCUT2D eigenvalue weighted by Crippen LogP contribution is -2.48. The summed E-state index contributed by atoms with van der Waals surface area (Å²) in [5.41, 5.74) is 10.6. The van der Waals surface area contributed by atoms with Gasteiger partial charge in [-0.3, -0.25) is 4.90 Å². The Morgan fingerprint density at radius 1 is 0.833 bits per heavy atom. The van der Waals surface area contributed by atoms with Gasteiger partial charge in [-0.05, 0) is 42.3 Å². The number of nitrogen functional groups attached to an aromatic ring is 1. The van der Waals surface area contributed by atoms with Crippen molar-refractivity contribution in [1.82, 2.24) is 14.9 Å². The fourth-order valence-electron chi connectivity index (χ4n) is 4.75. The molecule has 0 saturated carbocycles. The smallest absolute Gasteiger partial charge is 0.159 e. The molecule has 0 spiro atoms. The van der Waals surface area contributed by atoms with Crippen LogP contribution in [0.4, 0.5) is 23.0 Å². The van der Waals surface area contributed by atoms with Crippen LogP contribution in [0.15, 0.2) is 91.3 Å². The summed E-state index contributed by atoms with van der Waals surface area (Å²) in [6.45, 7) is 6.08. The zero-order valence-electron chi connectivity index (χ0n) is 20.5. The van der Waals surface area contributed by atoms with Gasteiger partial charge in [0.05, 0.1) is 12.6 Å². The van der Waals surface area contributed by atoms with E-state index in [0.717, 1.165) is 43.4 Å². The highest BCUT2D eigenvalue weighted by Crippen LogP contribution is 2.33. The van der Waals surface area contributed by atoms with Crippen molar-refractivity contribution in [2.45, 2.75) is 13.0 Å². The summed E-state index contributed by atoms with van der Waals surface area (Å²) in [6.07, 6.45) is 1.58. The average molecular weight is 481 g/mol. The summed E-state index contributed by atoms with van der Waals surface area (Å²) < 4.78 is 5.53. The number of hydrogen-bond donors (Lipinski definition) is 2. The molecule has 2 heterocycles. The standard InChI is InChI=1S/C29H32N6O/c1-2-36-25-15-13-24(14-16-25)33-28-26(30)29(32-21-31-28)35-19-17-34(18-20-35)27(22-9-5-3-6-10-22)23-11-7-4-8-12-23/h3-16,21,27H,2,17-20,30H2,1H3,(H,31,32,33). The molecule has 0 bridgehead atoms. The fraction of sp³-hybridized carbons (Fsp3) is 0.241. The maximum absolute atomic E-state index is 6.55. The first-order valence-electron chi connectivity index (χ1n) is 12.4. The number of aromatic nitrogens is 2. The minimum absolute atomic E-state index is 0.217. The van der Waals surface area contributed by atoms with Crippen LogP contribution in [0.1, 0.15) is 24.1 Å². The molecule has 184 valence electrons. The second-order valence-corrected chi connectivity index (χ2v) is 8.79. The van der Waals surface area contributed by atoms with Gasteiger partial charge in [0, 0.05) is 31.9 Å². The zero-order valence-corrected chi connectivity index (χ0v) is 20.5. The van der Waals surface area contributed by atoms with Gasteiger partial charge in [0.15, 0.2) is 11.6 Å². The molecule has 0 aliphatic carbocycles. The third-order valence-electron chi connectivity index (χ3n) is 6.50. The van der Waals surface area contributed by atoms with Crippen LogP contribution in [0.25, 0.3) is 0 Å². The molecular weight excluding hydrogens is 448 g/mol. The zero-order chi connectivity index (χ0) is 24.7. The third kappa shape index (κ3) is 5.26. The number of benzene rings is 3. The number of nitrogens with two attached hydrogens (primary N) is 1. The first-order chi connectivity index (χ1) is 17.7. The fourth-order valence-corrected chi connectivity index (χ4v) is 4.75. The van der Waals surface area contributed by atoms with E-state index in [0.29, 0.717) is 18.1 Å². The molecule has 1 saturated heterocycles. The number of rotatable bonds is 8. The molecule has 7 nitrogen and oxygen atoms in total. The van der Waals surface area contributed by atoms with Crippen molar-refractivity contribution >= 4 is 23.0 Å². The van der Waals surface area contributed by atoms with Crippen molar-refractivity contribution in [1.29, 1.82) is 0 Å². The number of anilines is 4. The van der Waals surface area contributed by atoms with E-state index in [1.165, 1.54) is 11.1 Å². The van der Waals surface area contributed by atoms with Crippen molar-refractivity contribution in [3.63, 3.8) is 0 Å². The topological polar surface area (TPSA) is 79.5 Å². The summed E-state index contributed by atoms with van der Waals surface area (Å²) in [5, 5.41) is 3.32. The van der Waals surface area contributed by atoms with Gasteiger partial charge >= 0.3 is 0 Å². The Morgan fingerprint density at radius 2 is 1.44 bits per heavy atom. The third-order valence-corrected chi connectivity index (χ3v) is 6.50. The van der Waals surface area contributed by atoms with Crippen LogP contribution in [0.2, 0.25) is 0 Å². The van der Waals surface area contributed by atoms with Crippen LogP contribution in [0.3, 0.4) is 0 Å². The maximum Gasteiger partial charge on any atom is 0.159 e. The highest BCUT2D eigenvalue weighted by Gasteiger charge is 2.28. The van der Waals surface area contributed by atoms with Gasteiger partial charge in [0.25, 0.3) is 0 Å². The molecule has 0 atom stereocenters. The predicted molar refractivity (Wildman–Crippen MR) is 146 cm³/mol. The summed E-state index contributed by atoms with van der Waals surface area (Å²) in [6, 6.07) is 29.4. The van der Waals surface area contributed by atoms with E-state index in [4.69, 9.17) is 10.5 Å². The van der Waals surface area contributed by atoms with E-state index in [2.05, 4.69) is 85.7 Å². The number of hydrogen-bond acceptors (Lipinski definition) is 7. The molecule has 3 N–H and O–H groups in total. The lowest BCUT2D eigenvalue weighted by atomic mass is 9.96. The molecule has 4 aromatic rings. The van der Waals surface area contributed by atoms with Gasteiger partial charge < -0.3 is 20.7 Å². The Labute approximate surface area is 212 Å². The molecule has 0 unspecified atom stereocenters. The van der Waals surface area contributed by atoms with Crippen molar-refractivity contribution in [3.05, 3.63) is 102 Å². The Bertz CT molecular complexity index is 1200. The van der Waals surface area contributed by atoms with Crippen molar-refractivity contribution in [2.75, 3.05) is 48.7 Å². The van der Waals surface area contributed by atoms with Crippen LogP contribution in [0.5, 0.6) is 5.75 Å². The molecule has 1 fully saturated rings. The van der Waals surface area contributed by atoms with Gasteiger partial charge in [0.1, 0.15) is 17.8 Å². The van der Waals surface area contributed by atoms with Crippen LogP contribution < -0.4 is 20.7 Å². The number of piperazine rings is 1. The summed E-state index contributed by atoms with van der Waals surface area (Å²) in [7, 11) is 0. The maximum atomic E-state index is 6.55. The van der Waals surface area contributed by atoms with Crippen molar-refractivity contribution in [2.24, 2.45) is 0 Å². The predicted octanol–water partition coefficient (Wildman–Crippen LogP) is 5.11. The van der Waals surface area contributed by atoms with Crippen LogP contribution >= 0.6 is 0 Å². The van der Waals surface area contributed by atoms with E-state index in [-0.39, 0.29) is 6.04 Å². The SMILES string of the molecule is CCOc1ccc(Nc2ncnc(N3CCN(C(c4ccccc4)c4ccccc4)CC3)c2N)cc1. The minimum atomic E-state index is 0.217. The van der Waals surface area contributed by atoms with E-state index >= 15 is 0 Å². The van der Waals surface area contributed by atoms with Gasteiger partial charge in [-0.15, -0.1) is 0 Å². The first kappa shape index (κ1) is 23.6. The second kappa shape index (κ2) is 11.1. The molecule has 0 amide bonds. The Hall–Kier alpha value is -4.10. The second-order valence-electron chi connectivity index (χ2n) is 8.79. The van der Waals surface area contributed by atoms with Gasteiger partial charge in [-0.1, -0.05) is 60.7 Å². The molecule has 1 aliphatic heterocycles. The monoisotopic (exact) mass is 480 g/mol. The number of nitrogens with one attached hydrogen (secondary N) is 1. The summed E-state index contributed by atoms with van der Waals surface area (Å²) in [4.78, 5) is 13.7. The normalized spacial score (nSPS) is 14.1. The van der Waals surface area contributed by atoms with Crippen molar-refractivity contribution < 1.29 is 4.74 Å². The molecule has 1 aliphatic rings. The highest BCUT2D eigenvalue weighted by molar-refractivity contribution is 5.78. The van der Waals surface area contributed by atoms with Crippen LogP contribution in [-0.4, -0.2) is 47.7 Å².